The quantitative estimate of drug-likeness (QED) is 0.805. The number of carbonyl (C=O) groups is 1. The van der Waals surface area contributed by atoms with E-state index in [1.54, 1.807) is 6.20 Å². The van der Waals surface area contributed by atoms with E-state index in [0.717, 1.165) is 16.0 Å². The number of hydrogen-bond acceptors (Lipinski definition) is 4. The lowest BCUT2D eigenvalue weighted by Crippen LogP contribution is -1.98. The van der Waals surface area contributed by atoms with Crippen LogP contribution in [-0.2, 0) is 0 Å². The maximum absolute atomic E-state index is 11.5. The number of thiophene rings is 1. The molecule has 0 unspecified atom stereocenters. The number of rotatable bonds is 3. The third-order valence-electron chi connectivity index (χ3n) is 3.16. The Morgan fingerprint density at radius 2 is 2.14 bits per heavy atom. The Morgan fingerprint density at radius 1 is 1.33 bits per heavy atom. The first-order valence-electron chi connectivity index (χ1n) is 6.36. The van der Waals surface area contributed by atoms with Gasteiger partial charge in [-0.3, -0.25) is 0 Å². The smallest absolute Gasteiger partial charge is 0.339 e. The molecule has 21 heavy (non-hydrogen) atoms. The summed E-state index contributed by atoms with van der Waals surface area (Å²) in [4.78, 5) is 16.6. The van der Waals surface area contributed by atoms with Crippen LogP contribution in [0.4, 0.5) is 0 Å². The highest BCUT2D eigenvalue weighted by Gasteiger charge is 2.20. The highest BCUT2D eigenvalue weighted by molar-refractivity contribution is 7.13. The minimum absolute atomic E-state index is 0.184. The molecule has 0 saturated heterocycles. The third kappa shape index (κ3) is 2.45. The first-order valence-corrected chi connectivity index (χ1v) is 7.24. The summed E-state index contributed by atoms with van der Waals surface area (Å²) in [7, 11) is 0. The lowest BCUT2D eigenvalue weighted by Gasteiger charge is -2.00. The maximum Gasteiger partial charge on any atom is 0.339 e. The molecule has 0 atom stereocenters. The van der Waals surface area contributed by atoms with Gasteiger partial charge in [-0.2, -0.15) is 5.10 Å². The van der Waals surface area contributed by atoms with Crippen LogP contribution in [0.25, 0.3) is 16.4 Å². The summed E-state index contributed by atoms with van der Waals surface area (Å²) in [5, 5.41) is 15.8. The fraction of sp³-hybridized carbons (Fsp3) is 0.133. The van der Waals surface area contributed by atoms with E-state index in [1.807, 2.05) is 37.4 Å². The minimum atomic E-state index is -0.989. The van der Waals surface area contributed by atoms with Crippen molar-refractivity contribution in [3.05, 3.63) is 52.7 Å². The molecule has 0 aliphatic carbocycles. The van der Waals surface area contributed by atoms with E-state index in [1.165, 1.54) is 22.2 Å². The van der Waals surface area contributed by atoms with Gasteiger partial charge in [0.1, 0.15) is 11.3 Å². The van der Waals surface area contributed by atoms with Crippen LogP contribution in [0.5, 0.6) is 0 Å². The molecule has 0 saturated carbocycles. The van der Waals surface area contributed by atoms with Crippen molar-refractivity contribution in [3.8, 4) is 16.4 Å². The van der Waals surface area contributed by atoms with Crippen LogP contribution in [0.3, 0.4) is 0 Å². The molecule has 0 aromatic carbocycles. The first kappa shape index (κ1) is 13.5. The van der Waals surface area contributed by atoms with Crippen LogP contribution < -0.4 is 0 Å². The van der Waals surface area contributed by atoms with Crippen LogP contribution in [0.2, 0.25) is 0 Å². The summed E-state index contributed by atoms with van der Waals surface area (Å²) in [6.07, 6.45) is 3.20. The molecule has 5 nitrogen and oxygen atoms in total. The van der Waals surface area contributed by atoms with Crippen LogP contribution in [0.1, 0.15) is 21.5 Å². The monoisotopic (exact) mass is 299 g/mol. The number of aromatic nitrogens is 3. The number of carboxylic acids is 1. The van der Waals surface area contributed by atoms with Crippen LogP contribution in [0, 0.1) is 13.8 Å². The molecule has 0 aliphatic heterocycles. The Labute approximate surface area is 125 Å². The molecule has 0 spiro atoms. The van der Waals surface area contributed by atoms with E-state index >= 15 is 0 Å². The molecule has 0 bridgehead atoms. The molecule has 0 radical (unpaired) electrons. The summed E-state index contributed by atoms with van der Waals surface area (Å²) >= 11 is 1.49. The van der Waals surface area contributed by atoms with Gasteiger partial charge in [-0.25, -0.2) is 14.5 Å². The molecule has 3 heterocycles. The van der Waals surface area contributed by atoms with Crippen LogP contribution >= 0.6 is 11.3 Å². The summed E-state index contributed by atoms with van der Waals surface area (Å²) in [5.74, 6) is -0.380. The normalized spacial score (nSPS) is 10.8. The summed E-state index contributed by atoms with van der Waals surface area (Å²) in [5.41, 5.74) is 2.73. The van der Waals surface area contributed by atoms with E-state index in [4.69, 9.17) is 0 Å². The number of carboxylic acid groups (broad SMARTS) is 1. The minimum Gasteiger partial charge on any atom is -0.478 e. The Morgan fingerprint density at radius 3 is 2.76 bits per heavy atom. The largest absolute Gasteiger partial charge is 0.478 e. The molecule has 3 aromatic heterocycles. The van der Waals surface area contributed by atoms with Gasteiger partial charge in [0.25, 0.3) is 0 Å². The number of aryl methyl sites for hydroxylation is 2. The zero-order valence-electron chi connectivity index (χ0n) is 11.6. The Kier molecular flexibility index (Phi) is 3.31. The number of aromatic carboxylic acids is 1. The van der Waals surface area contributed by atoms with E-state index in [0.29, 0.717) is 11.5 Å². The van der Waals surface area contributed by atoms with Crippen molar-refractivity contribution in [2.75, 3.05) is 0 Å². The van der Waals surface area contributed by atoms with Gasteiger partial charge in [-0.15, -0.1) is 11.3 Å². The second kappa shape index (κ2) is 5.14. The number of pyridine rings is 1. The maximum atomic E-state index is 11.5. The van der Waals surface area contributed by atoms with Crippen LogP contribution in [-0.4, -0.2) is 25.8 Å². The van der Waals surface area contributed by atoms with Crippen molar-refractivity contribution >= 4 is 17.3 Å². The van der Waals surface area contributed by atoms with Crippen molar-refractivity contribution in [1.82, 2.24) is 14.8 Å². The SMILES string of the molecule is Cc1ccnc(-n2cc(C(=O)O)c(-c3sccc3C)n2)c1. The Hall–Kier alpha value is -2.47. The average molecular weight is 299 g/mol. The van der Waals surface area contributed by atoms with E-state index in [2.05, 4.69) is 10.1 Å². The lowest BCUT2D eigenvalue weighted by atomic mass is 10.2. The molecule has 106 valence electrons. The van der Waals surface area contributed by atoms with Gasteiger partial charge in [0.15, 0.2) is 5.82 Å². The second-order valence-corrected chi connectivity index (χ2v) is 5.68. The molecule has 6 heteroatoms. The highest BCUT2D eigenvalue weighted by Crippen LogP contribution is 2.31. The Bertz CT molecular complexity index is 820. The molecular weight excluding hydrogens is 286 g/mol. The van der Waals surface area contributed by atoms with Gasteiger partial charge < -0.3 is 5.11 Å². The predicted molar refractivity (Wildman–Crippen MR) is 81.1 cm³/mol. The van der Waals surface area contributed by atoms with E-state index < -0.39 is 5.97 Å². The molecule has 0 fully saturated rings. The van der Waals surface area contributed by atoms with Gasteiger partial charge in [-0.05, 0) is 48.6 Å². The topological polar surface area (TPSA) is 68.0 Å². The molecule has 0 amide bonds. The molecular formula is C15H13N3O2S. The first-order chi connectivity index (χ1) is 10.1. The summed E-state index contributed by atoms with van der Waals surface area (Å²) in [6, 6.07) is 5.70. The molecule has 0 aliphatic rings. The summed E-state index contributed by atoms with van der Waals surface area (Å²) in [6.45, 7) is 3.90. The van der Waals surface area contributed by atoms with Gasteiger partial charge in [0.2, 0.25) is 0 Å². The van der Waals surface area contributed by atoms with Gasteiger partial charge >= 0.3 is 5.97 Å². The molecule has 3 rings (SSSR count). The molecule has 3 aromatic rings. The zero-order valence-corrected chi connectivity index (χ0v) is 12.4. The lowest BCUT2D eigenvalue weighted by molar-refractivity contribution is 0.0697. The number of nitrogens with zero attached hydrogens (tertiary/aromatic N) is 3. The predicted octanol–water partition coefficient (Wildman–Crippen LogP) is 3.31. The Balaban J connectivity index is 2.18. The fourth-order valence-electron chi connectivity index (χ4n) is 2.08. The van der Waals surface area contributed by atoms with Crippen molar-refractivity contribution < 1.29 is 9.90 Å². The molecule has 1 N–H and O–H groups in total. The van der Waals surface area contributed by atoms with Crippen molar-refractivity contribution in [2.24, 2.45) is 0 Å². The van der Waals surface area contributed by atoms with Crippen LogP contribution in [0.15, 0.2) is 36.0 Å². The number of hydrogen-bond donors (Lipinski definition) is 1. The van der Waals surface area contributed by atoms with E-state index in [9.17, 15) is 9.90 Å². The summed E-state index contributed by atoms with van der Waals surface area (Å²) < 4.78 is 1.52. The van der Waals surface area contributed by atoms with Gasteiger partial charge in [-0.1, -0.05) is 0 Å². The zero-order chi connectivity index (χ0) is 15.0. The standard InChI is InChI=1S/C15H13N3O2S/c1-9-3-5-16-12(7-9)18-8-11(15(19)20)13(17-18)14-10(2)4-6-21-14/h3-8H,1-2H3,(H,19,20). The third-order valence-corrected chi connectivity index (χ3v) is 4.18. The van der Waals surface area contributed by atoms with E-state index in [-0.39, 0.29) is 5.56 Å². The van der Waals surface area contributed by atoms with Gasteiger partial charge in [0, 0.05) is 12.4 Å². The van der Waals surface area contributed by atoms with Gasteiger partial charge in [0.05, 0.1) is 4.88 Å². The van der Waals surface area contributed by atoms with Crippen molar-refractivity contribution in [3.63, 3.8) is 0 Å². The average Bonchev–Trinajstić information content (AvgIpc) is 3.04. The second-order valence-electron chi connectivity index (χ2n) is 4.77. The van der Waals surface area contributed by atoms with Crippen molar-refractivity contribution in [1.29, 1.82) is 0 Å². The van der Waals surface area contributed by atoms with Crippen molar-refractivity contribution in [2.45, 2.75) is 13.8 Å². The fourth-order valence-corrected chi connectivity index (χ4v) is 3.00. The highest BCUT2D eigenvalue weighted by atomic mass is 32.1.